The van der Waals surface area contributed by atoms with Crippen molar-refractivity contribution in [3.63, 3.8) is 0 Å². The Morgan fingerprint density at radius 1 is 1.26 bits per heavy atom. The number of pyridine rings is 2. The minimum absolute atomic E-state index is 0.0270. The van der Waals surface area contributed by atoms with E-state index in [2.05, 4.69) is 15.0 Å². The summed E-state index contributed by atoms with van der Waals surface area (Å²) in [4.78, 5) is 27.0. The molecule has 23 heavy (non-hydrogen) atoms. The Labute approximate surface area is 138 Å². The molecule has 3 heterocycles. The van der Waals surface area contributed by atoms with Gasteiger partial charge in [0.2, 0.25) is 0 Å². The number of aryl methyl sites for hydroxylation is 1. The number of nitrogens with zero attached hydrogens (tertiary/aromatic N) is 4. The van der Waals surface area contributed by atoms with Crippen LogP contribution in [0, 0.1) is 6.92 Å². The zero-order valence-corrected chi connectivity index (χ0v) is 13.7. The van der Waals surface area contributed by atoms with E-state index in [9.17, 15) is 4.79 Å². The Bertz CT molecular complexity index is 816. The number of thiazole rings is 1. The molecule has 0 saturated carbocycles. The Balaban J connectivity index is 1.80. The summed E-state index contributed by atoms with van der Waals surface area (Å²) in [6.07, 6.45) is 5.45. The van der Waals surface area contributed by atoms with Gasteiger partial charge < -0.3 is 4.90 Å². The molecule has 0 saturated heterocycles. The van der Waals surface area contributed by atoms with Crippen LogP contribution in [0.25, 0.3) is 0 Å². The monoisotopic (exact) mass is 324 g/mol. The van der Waals surface area contributed by atoms with E-state index < -0.39 is 0 Å². The molecule has 0 atom stereocenters. The molecule has 0 aliphatic rings. The lowest BCUT2D eigenvalue weighted by Crippen LogP contribution is -2.12. The fourth-order valence-corrected chi connectivity index (χ4v) is 2.96. The van der Waals surface area contributed by atoms with Crippen LogP contribution in [0.1, 0.15) is 21.2 Å². The van der Waals surface area contributed by atoms with E-state index in [4.69, 9.17) is 0 Å². The van der Waals surface area contributed by atoms with Gasteiger partial charge in [-0.05, 0) is 31.2 Å². The summed E-state index contributed by atoms with van der Waals surface area (Å²) >= 11 is 1.50. The third-order valence-electron chi connectivity index (χ3n) is 3.43. The Morgan fingerprint density at radius 3 is 2.83 bits per heavy atom. The maximum absolute atomic E-state index is 12.4. The van der Waals surface area contributed by atoms with Gasteiger partial charge in [-0.3, -0.25) is 14.8 Å². The summed E-state index contributed by atoms with van der Waals surface area (Å²) in [7, 11) is 1.94. The molecule has 0 bridgehead atoms. The van der Waals surface area contributed by atoms with Crippen LogP contribution in [0.15, 0.2) is 48.2 Å². The maximum atomic E-state index is 12.4. The molecule has 6 heteroatoms. The number of carbonyl (C=O) groups excluding carboxylic acids is 1. The minimum atomic E-state index is -0.0270. The van der Waals surface area contributed by atoms with E-state index in [0.29, 0.717) is 5.69 Å². The summed E-state index contributed by atoms with van der Waals surface area (Å²) in [6, 6.07) is 7.52. The van der Waals surface area contributed by atoms with Crippen molar-refractivity contribution in [1.29, 1.82) is 0 Å². The first-order valence-corrected chi connectivity index (χ1v) is 8.05. The highest BCUT2D eigenvalue weighted by Crippen LogP contribution is 2.23. The molecule has 3 rings (SSSR count). The van der Waals surface area contributed by atoms with Gasteiger partial charge in [-0.1, -0.05) is 0 Å². The zero-order valence-electron chi connectivity index (χ0n) is 12.9. The van der Waals surface area contributed by atoms with Crippen molar-refractivity contribution in [3.05, 3.63) is 64.6 Å². The number of rotatable bonds is 5. The van der Waals surface area contributed by atoms with Crippen LogP contribution in [0.5, 0.6) is 0 Å². The Kier molecular flexibility index (Phi) is 4.43. The SMILES string of the molecule is Cc1csc(CC(=O)c2cc(N(C)c3cccnc3)ccn2)n1. The lowest BCUT2D eigenvalue weighted by molar-refractivity contribution is 0.0988. The lowest BCUT2D eigenvalue weighted by atomic mass is 10.2. The molecule has 0 radical (unpaired) electrons. The maximum Gasteiger partial charge on any atom is 0.188 e. The summed E-state index contributed by atoms with van der Waals surface area (Å²) < 4.78 is 0. The number of carbonyl (C=O) groups is 1. The molecule has 0 spiro atoms. The van der Waals surface area contributed by atoms with Crippen LogP contribution in [-0.4, -0.2) is 27.8 Å². The molecule has 3 aromatic heterocycles. The van der Waals surface area contributed by atoms with Crippen molar-refractivity contribution in [2.75, 3.05) is 11.9 Å². The van der Waals surface area contributed by atoms with Gasteiger partial charge in [0.05, 0.1) is 18.3 Å². The van der Waals surface area contributed by atoms with Gasteiger partial charge >= 0.3 is 0 Å². The van der Waals surface area contributed by atoms with Gasteiger partial charge in [-0.2, -0.15) is 0 Å². The third-order valence-corrected chi connectivity index (χ3v) is 4.39. The fourth-order valence-electron chi connectivity index (χ4n) is 2.19. The van der Waals surface area contributed by atoms with Crippen molar-refractivity contribution in [2.24, 2.45) is 0 Å². The van der Waals surface area contributed by atoms with Gasteiger partial charge in [0.25, 0.3) is 0 Å². The van der Waals surface area contributed by atoms with E-state index in [1.807, 2.05) is 42.5 Å². The quantitative estimate of drug-likeness (QED) is 0.673. The van der Waals surface area contributed by atoms with Gasteiger partial charge in [0, 0.05) is 36.2 Å². The van der Waals surface area contributed by atoms with Crippen LogP contribution >= 0.6 is 11.3 Å². The van der Waals surface area contributed by atoms with E-state index >= 15 is 0 Å². The number of hydrogen-bond acceptors (Lipinski definition) is 6. The van der Waals surface area contributed by atoms with Crippen molar-refractivity contribution in [3.8, 4) is 0 Å². The zero-order chi connectivity index (χ0) is 16.2. The minimum Gasteiger partial charge on any atom is -0.343 e. The van der Waals surface area contributed by atoms with Crippen molar-refractivity contribution >= 4 is 28.5 Å². The first kappa shape index (κ1) is 15.3. The molecule has 0 aliphatic heterocycles. The highest BCUT2D eigenvalue weighted by Gasteiger charge is 2.13. The second-order valence-electron chi connectivity index (χ2n) is 5.15. The van der Waals surface area contributed by atoms with E-state index in [0.717, 1.165) is 22.1 Å². The number of anilines is 2. The summed E-state index contributed by atoms with van der Waals surface area (Å²) in [5, 5.41) is 2.77. The fraction of sp³-hybridized carbons (Fsp3) is 0.176. The number of hydrogen-bond donors (Lipinski definition) is 0. The highest BCUT2D eigenvalue weighted by molar-refractivity contribution is 7.09. The molecular weight excluding hydrogens is 308 g/mol. The van der Waals surface area contributed by atoms with Crippen molar-refractivity contribution < 1.29 is 4.79 Å². The average molecular weight is 324 g/mol. The van der Waals surface area contributed by atoms with Crippen molar-refractivity contribution in [1.82, 2.24) is 15.0 Å². The molecule has 0 amide bonds. The normalized spacial score (nSPS) is 10.5. The molecule has 3 aromatic rings. The van der Waals surface area contributed by atoms with E-state index in [1.54, 1.807) is 24.7 Å². The first-order chi connectivity index (χ1) is 11.1. The molecule has 0 unspecified atom stereocenters. The predicted octanol–water partition coefficient (Wildman–Crippen LogP) is 3.43. The van der Waals surface area contributed by atoms with Crippen LogP contribution in [0.4, 0.5) is 11.4 Å². The van der Waals surface area contributed by atoms with Crippen LogP contribution in [0.2, 0.25) is 0 Å². The predicted molar refractivity (Wildman–Crippen MR) is 91.4 cm³/mol. The van der Waals surface area contributed by atoms with Gasteiger partial charge in [-0.15, -0.1) is 11.3 Å². The van der Waals surface area contributed by atoms with Gasteiger partial charge in [-0.25, -0.2) is 4.98 Å². The molecule has 0 N–H and O–H groups in total. The first-order valence-electron chi connectivity index (χ1n) is 7.17. The van der Waals surface area contributed by atoms with Gasteiger partial charge in [0.15, 0.2) is 5.78 Å². The standard InChI is InChI=1S/C17H16N4OS/c1-12-11-23-17(20-12)9-16(22)15-8-13(5-7-19-15)21(2)14-4-3-6-18-10-14/h3-8,10-11H,9H2,1-2H3. The highest BCUT2D eigenvalue weighted by atomic mass is 32.1. The molecule has 116 valence electrons. The average Bonchev–Trinajstić information content (AvgIpc) is 3.00. The lowest BCUT2D eigenvalue weighted by Gasteiger charge is -2.19. The second-order valence-corrected chi connectivity index (χ2v) is 6.09. The molecule has 0 aliphatic carbocycles. The van der Waals surface area contributed by atoms with Crippen LogP contribution < -0.4 is 4.90 Å². The largest absolute Gasteiger partial charge is 0.343 e. The van der Waals surface area contributed by atoms with E-state index in [-0.39, 0.29) is 12.2 Å². The van der Waals surface area contributed by atoms with Crippen LogP contribution in [0.3, 0.4) is 0 Å². The second kappa shape index (κ2) is 6.66. The smallest absolute Gasteiger partial charge is 0.188 e. The molecular formula is C17H16N4OS. The number of Topliss-reactive ketones (excluding diaryl/α,β-unsaturated/α-hetero) is 1. The molecule has 0 fully saturated rings. The van der Waals surface area contributed by atoms with Gasteiger partial charge in [0.1, 0.15) is 10.7 Å². The number of aromatic nitrogens is 3. The van der Waals surface area contributed by atoms with Crippen molar-refractivity contribution in [2.45, 2.75) is 13.3 Å². The molecule has 5 nitrogen and oxygen atoms in total. The van der Waals surface area contributed by atoms with Crippen LogP contribution in [-0.2, 0) is 6.42 Å². The summed E-state index contributed by atoms with van der Waals surface area (Å²) in [5.74, 6) is -0.0270. The Hall–Kier alpha value is -2.60. The van der Waals surface area contributed by atoms with E-state index in [1.165, 1.54) is 11.3 Å². The summed E-state index contributed by atoms with van der Waals surface area (Å²) in [5.41, 5.74) is 3.24. The molecule has 0 aromatic carbocycles. The number of ketones is 1. The topological polar surface area (TPSA) is 59.0 Å². The third kappa shape index (κ3) is 3.60. The Morgan fingerprint density at radius 2 is 2.13 bits per heavy atom. The summed E-state index contributed by atoms with van der Waals surface area (Å²) in [6.45, 7) is 1.92.